The van der Waals surface area contributed by atoms with E-state index in [1.165, 1.54) is 12.8 Å². The number of rotatable bonds is 3. The Morgan fingerprint density at radius 3 is 2.93 bits per heavy atom. The Morgan fingerprint density at radius 1 is 1.53 bits per heavy atom. The highest BCUT2D eigenvalue weighted by molar-refractivity contribution is 5.10. The van der Waals surface area contributed by atoms with Crippen LogP contribution in [0, 0.1) is 11.3 Å². The highest BCUT2D eigenvalue weighted by Gasteiger charge is 2.57. The Morgan fingerprint density at radius 2 is 2.27 bits per heavy atom. The van der Waals surface area contributed by atoms with E-state index in [4.69, 9.17) is 9.84 Å². The van der Waals surface area contributed by atoms with E-state index in [0.29, 0.717) is 18.1 Å². The van der Waals surface area contributed by atoms with E-state index in [9.17, 15) is 0 Å². The summed E-state index contributed by atoms with van der Waals surface area (Å²) in [5.41, 5.74) is 0.217. The molecule has 1 saturated heterocycles. The summed E-state index contributed by atoms with van der Waals surface area (Å²) in [6.45, 7) is 7.70. The van der Waals surface area contributed by atoms with E-state index in [-0.39, 0.29) is 18.1 Å². The van der Waals surface area contributed by atoms with Crippen LogP contribution in [0.5, 0.6) is 0 Å². The summed E-state index contributed by atoms with van der Waals surface area (Å²) in [5.74, 6) is 0.655. The fraction of sp³-hybridized carbons (Fsp3) is 1.00. The van der Waals surface area contributed by atoms with E-state index in [2.05, 4.69) is 19.2 Å². The minimum absolute atomic E-state index is 0.192. The van der Waals surface area contributed by atoms with Crippen LogP contribution in [0.3, 0.4) is 0 Å². The number of hydrogen-bond donors (Lipinski definition) is 2. The van der Waals surface area contributed by atoms with Crippen molar-refractivity contribution >= 4 is 0 Å². The van der Waals surface area contributed by atoms with Gasteiger partial charge in [0, 0.05) is 30.0 Å². The summed E-state index contributed by atoms with van der Waals surface area (Å²) in [6.07, 6.45) is 2.88. The van der Waals surface area contributed by atoms with Crippen molar-refractivity contribution < 1.29 is 9.84 Å². The standard InChI is InChI=1S/C12H23NO2/c1-8(7-14)13-10-9-5-4-6-15-11(9)12(10,2)3/h8-11,13-14H,4-7H2,1-3H3. The number of aliphatic hydroxyl groups excluding tert-OH is 1. The predicted molar refractivity (Wildman–Crippen MR) is 59.7 cm³/mol. The van der Waals surface area contributed by atoms with Gasteiger partial charge in [-0.25, -0.2) is 0 Å². The number of hydrogen-bond acceptors (Lipinski definition) is 3. The van der Waals surface area contributed by atoms with E-state index in [0.717, 1.165) is 6.61 Å². The molecule has 2 fully saturated rings. The molecule has 2 N–H and O–H groups in total. The van der Waals surface area contributed by atoms with Crippen LogP contribution in [-0.2, 0) is 4.74 Å². The first-order valence-corrected chi connectivity index (χ1v) is 6.06. The lowest BCUT2D eigenvalue weighted by Crippen LogP contribution is -2.70. The van der Waals surface area contributed by atoms with Gasteiger partial charge in [-0.1, -0.05) is 13.8 Å². The van der Waals surface area contributed by atoms with E-state index < -0.39 is 0 Å². The largest absolute Gasteiger partial charge is 0.395 e. The van der Waals surface area contributed by atoms with Crippen LogP contribution in [-0.4, -0.2) is 36.5 Å². The number of fused-ring (bicyclic) bond motifs is 1. The number of nitrogens with one attached hydrogen (secondary N) is 1. The van der Waals surface area contributed by atoms with Gasteiger partial charge in [-0.15, -0.1) is 0 Å². The molecule has 1 heterocycles. The summed E-state index contributed by atoms with van der Waals surface area (Å²) >= 11 is 0. The van der Waals surface area contributed by atoms with Gasteiger partial charge in [0.05, 0.1) is 12.7 Å². The molecule has 0 amide bonds. The van der Waals surface area contributed by atoms with Gasteiger partial charge in [0.1, 0.15) is 0 Å². The molecule has 0 aromatic rings. The van der Waals surface area contributed by atoms with Crippen LogP contribution < -0.4 is 5.32 Å². The van der Waals surface area contributed by atoms with E-state index >= 15 is 0 Å². The Hall–Kier alpha value is -0.120. The average molecular weight is 213 g/mol. The maximum absolute atomic E-state index is 9.08. The van der Waals surface area contributed by atoms with Crippen molar-refractivity contribution in [3.8, 4) is 0 Å². The van der Waals surface area contributed by atoms with Crippen LogP contribution >= 0.6 is 0 Å². The van der Waals surface area contributed by atoms with E-state index in [1.807, 2.05) is 6.92 Å². The zero-order valence-corrected chi connectivity index (χ0v) is 9.99. The summed E-state index contributed by atoms with van der Waals surface area (Å²) in [4.78, 5) is 0. The molecule has 3 heteroatoms. The highest BCUT2D eigenvalue weighted by Crippen LogP contribution is 2.51. The highest BCUT2D eigenvalue weighted by atomic mass is 16.5. The SMILES string of the molecule is CC(CO)NC1C2CCCOC2C1(C)C. The maximum Gasteiger partial charge on any atom is 0.0684 e. The van der Waals surface area contributed by atoms with Crippen molar-refractivity contribution in [2.24, 2.45) is 11.3 Å². The quantitative estimate of drug-likeness (QED) is 0.739. The molecule has 0 radical (unpaired) electrons. The lowest BCUT2D eigenvalue weighted by molar-refractivity contribution is -0.194. The first kappa shape index (κ1) is 11.4. The van der Waals surface area contributed by atoms with Crippen LogP contribution in [0.2, 0.25) is 0 Å². The van der Waals surface area contributed by atoms with Gasteiger partial charge >= 0.3 is 0 Å². The van der Waals surface area contributed by atoms with Crippen molar-refractivity contribution in [2.45, 2.75) is 51.8 Å². The minimum Gasteiger partial charge on any atom is -0.395 e. The van der Waals surface area contributed by atoms with Crippen molar-refractivity contribution in [3.63, 3.8) is 0 Å². The smallest absolute Gasteiger partial charge is 0.0684 e. The van der Waals surface area contributed by atoms with Gasteiger partial charge in [-0.3, -0.25) is 0 Å². The Bertz CT molecular complexity index is 230. The van der Waals surface area contributed by atoms with E-state index in [1.54, 1.807) is 0 Å². The topological polar surface area (TPSA) is 41.5 Å². The zero-order valence-electron chi connectivity index (χ0n) is 9.99. The van der Waals surface area contributed by atoms with Gasteiger partial charge in [-0.05, 0) is 19.8 Å². The zero-order chi connectivity index (χ0) is 11.1. The molecule has 1 saturated carbocycles. The van der Waals surface area contributed by atoms with Crippen LogP contribution in [0.15, 0.2) is 0 Å². The molecular weight excluding hydrogens is 190 g/mol. The monoisotopic (exact) mass is 213 g/mol. The second kappa shape index (κ2) is 4.04. The van der Waals surface area contributed by atoms with Crippen molar-refractivity contribution in [3.05, 3.63) is 0 Å². The van der Waals surface area contributed by atoms with Crippen LogP contribution in [0.1, 0.15) is 33.6 Å². The first-order chi connectivity index (χ1) is 7.07. The molecular formula is C12H23NO2. The molecule has 0 bridgehead atoms. The molecule has 0 spiro atoms. The van der Waals surface area contributed by atoms with Crippen molar-refractivity contribution in [1.82, 2.24) is 5.32 Å². The molecule has 15 heavy (non-hydrogen) atoms. The van der Waals surface area contributed by atoms with Gasteiger partial charge in [0.25, 0.3) is 0 Å². The third kappa shape index (κ3) is 1.81. The van der Waals surface area contributed by atoms with Crippen LogP contribution in [0.4, 0.5) is 0 Å². The van der Waals surface area contributed by atoms with Gasteiger partial charge in [-0.2, -0.15) is 0 Å². The molecule has 3 nitrogen and oxygen atoms in total. The molecule has 1 aliphatic carbocycles. The molecule has 2 aliphatic rings. The molecule has 4 atom stereocenters. The average Bonchev–Trinajstić information content (AvgIpc) is 2.25. The Kier molecular flexibility index (Phi) is 3.06. The number of ether oxygens (including phenoxy) is 1. The first-order valence-electron chi connectivity index (χ1n) is 6.06. The summed E-state index contributed by atoms with van der Waals surface area (Å²) in [6, 6.07) is 0.696. The summed E-state index contributed by atoms with van der Waals surface area (Å²) in [5, 5.41) is 12.6. The second-order valence-electron chi connectivity index (χ2n) is 5.65. The third-order valence-electron chi connectivity index (χ3n) is 4.07. The van der Waals surface area contributed by atoms with Crippen molar-refractivity contribution in [1.29, 1.82) is 0 Å². The summed E-state index contributed by atoms with van der Waals surface area (Å²) < 4.78 is 5.84. The fourth-order valence-electron chi connectivity index (χ4n) is 3.22. The second-order valence-corrected chi connectivity index (χ2v) is 5.65. The normalized spacial score (nSPS) is 40.4. The molecule has 1 aliphatic heterocycles. The summed E-state index contributed by atoms with van der Waals surface area (Å²) in [7, 11) is 0. The minimum atomic E-state index is 0.192. The Labute approximate surface area is 92.2 Å². The number of aliphatic hydroxyl groups is 1. The molecule has 0 aromatic heterocycles. The molecule has 4 unspecified atom stereocenters. The Balaban J connectivity index is 1.99. The predicted octanol–water partition coefficient (Wildman–Crippen LogP) is 1.16. The van der Waals surface area contributed by atoms with Gasteiger partial charge in [0.2, 0.25) is 0 Å². The van der Waals surface area contributed by atoms with Crippen LogP contribution in [0.25, 0.3) is 0 Å². The van der Waals surface area contributed by atoms with Gasteiger partial charge in [0.15, 0.2) is 0 Å². The lowest BCUT2D eigenvalue weighted by Gasteiger charge is -2.60. The molecule has 0 aromatic carbocycles. The molecule has 2 rings (SSSR count). The fourth-order valence-corrected chi connectivity index (χ4v) is 3.22. The van der Waals surface area contributed by atoms with Crippen molar-refractivity contribution in [2.75, 3.05) is 13.2 Å². The lowest BCUT2D eigenvalue weighted by atomic mass is 9.55. The maximum atomic E-state index is 9.08. The third-order valence-corrected chi connectivity index (χ3v) is 4.07. The molecule has 88 valence electrons. The van der Waals surface area contributed by atoms with Gasteiger partial charge < -0.3 is 15.2 Å².